The average Bonchev–Trinajstić information content (AvgIpc) is 2.72. The molecule has 0 aliphatic rings. The third kappa shape index (κ3) is 5.32. The van der Waals surface area contributed by atoms with Crippen molar-refractivity contribution in [3.8, 4) is 5.75 Å². The number of hydrogen-bond donors (Lipinski definition) is 0. The number of hydrogen-bond acceptors (Lipinski definition) is 1. The summed E-state index contributed by atoms with van der Waals surface area (Å²) in [5.41, 5.74) is 1.35. The maximum absolute atomic E-state index is 14.6. The summed E-state index contributed by atoms with van der Waals surface area (Å²) in [7, 11) is 0. The Kier molecular flexibility index (Phi) is 6.99. The fourth-order valence-corrected chi connectivity index (χ4v) is 3.30. The van der Waals surface area contributed by atoms with Crippen molar-refractivity contribution in [3.05, 3.63) is 102 Å². The Morgan fingerprint density at radius 2 is 1.70 bits per heavy atom. The van der Waals surface area contributed by atoms with Crippen molar-refractivity contribution in [3.63, 3.8) is 0 Å². The molecule has 3 rings (SSSR count). The van der Waals surface area contributed by atoms with E-state index in [0.717, 1.165) is 23.8 Å². The number of benzene rings is 3. The van der Waals surface area contributed by atoms with Crippen molar-refractivity contribution in [2.45, 2.75) is 38.7 Å². The van der Waals surface area contributed by atoms with E-state index in [1.54, 1.807) is 30.3 Å². The number of ether oxygens (including phenoxy) is 1. The van der Waals surface area contributed by atoms with Gasteiger partial charge in [-0.1, -0.05) is 36.4 Å². The highest BCUT2D eigenvalue weighted by Crippen LogP contribution is 2.33. The molecule has 0 fully saturated rings. The van der Waals surface area contributed by atoms with Crippen molar-refractivity contribution in [1.29, 1.82) is 0 Å². The first kappa shape index (κ1) is 21.7. The van der Waals surface area contributed by atoms with Crippen LogP contribution in [0.4, 0.5) is 13.2 Å². The molecule has 0 spiro atoms. The molecule has 0 aliphatic carbocycles. The first-order valence-corrected chi connectivity index (χ1v) is 10.0. The molecule has 1 nitrogen and oxygen atoms in total. The van der Waals surface area contributed by atoms with Crippen LogP contribution >= 0.6 is 0 Å². The van der Waals surface area contributed by atoms with Crippen LogP contribution in [0, 0.1) is 5.82 Å². The van der Waals surface area contributed by atoms with Gasteiger partial charge in [0.25, 0.3) is 0 Å². The van der Waals surface area contributed by atoms with Crippen LogP contribution in [-0.2, 0) is 19.0 Å². The van der Waals surface area contributed by atoms with Gasteiger partial charge < -0.3 is 4.74 Å². The fourth-order valence-electron chi connectivity index (χ4n) is 3.30. The Hall–Kier alpha value is -3.01. The summed E-state index contributed by atoms with van der Waals surface area (Å²) in [6.45, 7) is 5.60. The first-order chi connectivity index (χ1) is 14.4. The summed E-state index contributed by atoms with van der Waals surface area (Å²) in [6, 6.07) is 13.8. The highest BCUT2D eigenvalue weighted by molar-refractivity contribution is 5.84. The Morgan fingerprint density at radius 3 is 2.40 bits per heavy atom. The molecule has 0 saturated heterocycles. The van der Waals surface area contributed by atoms with Gasteiger partial charge in [-0.15, -0.1) is 6.58 Å². The molecule has 0 heterocycles. The lowest BCUT2D eigenvalue weighted by atomic mass is 10.0. The monoisotopic (exact) mass is 410 g/mol. The summed E-state index contributed by atoms with van der Waals surface area (Å²) in [5.74, 6) is -0.371. The van der Waals surface area contributed by atoms with Gasteiger partial charge >= 0.3 is 6.11 Å². The zero-order valence-electron chi connectivity index (χ0n) is 17.0. The molecule has 3 aromatic rings. The highest BCUT2D eigenvalue weighted by atomic mass is 19.3. The average molecular weight is 410 g/mol. The molecule has 30 heavy (non-hydrogen) atoms. The number of aryl methyl sites for hydroxylation is 2. The largest absolute Gasteiger partial charge is 0.429 e. The lowest BCUT2D eigenvalue weighted by Gasteiger charge is -2.19. The zero-order valence-corrected chi connectivity index (χ0v) is 17.0. The SMILES string of the molecule is C=CCCc1cc2ccc(OC(F)(F)c3ccc(CC/C=C/C)cc3)cc2cc1F. The van der Waals surface area contributed by atoms with E-state index in [-0.39, 0.29) is 17.1 Å². The lowest BCUT2D eigenvalue weighted by molar-refractivity contribution is -0.185. The van der Waals surface area contributed by atoms with E-state index in [4.69, 9.17) is 4.74 Å². The quantitative estimate of drug-likeness (QED) is 0.328. The molecule has 4 heteroatoms. The van der Waals surface area contributed by atoms with Crippen molar-refractivity contribution in [2.75, 3.05) is 0 Å². The van der Waals surface area contributed by atoms with E-state index in [0.29, 0.717) is 23.8 Å². The smallest absolute Gasteiger partial charge is 0.426 e. The summed E-state index contributed by atoms with van der Waals surface area (Å²) in [6.07, 6.45) is 5.13. The molecule has 0 atom stereocenters. The Balaban J connectivity index is 1.77. The fraction of sp³-hybridized carbons (Fsp3) is 0.231. The molecule has 0 aromatic heterocycles. The molecule has 0 bridgehead atoms. The number of rotatable bonds is 9. The summed E-state index contributed by atoms with van der Waals surface area (Å²) in [5, 5.41) is 1.29. The molecule has 0 aliphatic heterocycles. The van der Waals surface area contributed by atoms with Crippen LogP contribution < -0.4 is 4.74 Å². The molecular weight excluding hydrogens is 385 g/mol. The number of fused-ring (bicyclic) bond motifs is 1. The summed E-state index contributed by atoms with van der Waals surface area (Å²) < 4.78 is 48.6. The Morgan fingerprint density at radius 1 is 0.933 bits per heavy atom. The normalized spacial score (nSPS) is 11.9. The molecule has 0 unspecified atom stereocenters. The van der Waals surface area contributed by atoms with Gasteiger partial charge in [-0.05, 0) is 90.9 Å². The van der Waals surface area contributed by atoms with E-state index in [1.165, 1.54) is 30.3 Å². The standard InChI is InChI=1S/C26H25F3O/c1-3-5-7-8-19-10-13-23(14-11-19)26(28,29)30-24-15-12-20-16-21(9-6-4-2)25(27)18-22(20)17-24/h3-5,10-18H,2,6-9H2,1H3/b5-3+. The second-order valence-electron chi connectivity index (χ2n) is 7.20. The molecule has 0 amide bonds. The van der Waals surface area contributed by atoms with E-state index < -0.39 is 6.11 Å². The minimum Gasteiger partial charge on any atom is -0.429 e. The van der Waals surface area contributed by atoms with Gasteiger partial charge in [0.2, 0.25) is 0 Å². The predicted octanol–water partition coefficient (Wildman–Crippen LogP) is 7.73. The van der Waals surface area contributed by atoms with Crippen LogP contribution in [0.15, 0.2) is 79.4 Å². The van der Waals surface area contributed by atoms with E-state index in [1.807, 2.05) is 19.1 Å². The van der Waals surface area contributed by atoms with Crippen molar-refractivity contribution in [2.24, 2.45) is 0 Å². The van der Waals surface area contributed by atoms with Gasteiger partial charge in [0.1, 0.15) is 11.6 Å². The molecular formula is C26H25F3O. The third-order valence-corrected chi connectivity index (χ3v) is 4.97. The number of alkyl halides is 2. The van der Waals surface area contributed by atoms with Gasteiger partial charge in [-0.25, -0.2) is 4.39 Å². The zero-order chi connectivity index (χ0) is 21.6. The molecule has 0 radical (unpaired) electrons. The number of halogens is 3. The van der Waals surface area contributed by atoms with Crippen molar-refractivity contribution in [1.82, 2.24) is 0 Å². The first-order valence-electron chi connectivity index (χ1n) is 10.0. The van der Waals surface area contributed by atoms with Crippen LogP contribution in [0.2, 0.25) is 0 Å². The van der Waals surface area contributed by atoms with Gasteiger partial charge in [0, 0.05) is 0 Å². The van der Waals surface area contributed by atoms with Crippen LogP contribution in [0.5, 0.6) is 5.75 Å². The summed E-state index contributed by atoms with van der Waals surface area (Å²) >= 11 is 0. The molecule has 0 saturated carbocycles. The van der Waals surface area contributed by atoms with E-state index in [9.17, 15) is 13.2 Å². The minimum absolute atomic E-state index is 0.0112. The van der Waals surface area contributed by atoms with Gasteiger partial charge in [-0.3, -0.25) is 0 Å². The predicted molar refractivity (Wildman–Crippen MR) is 117 cm³/mol. The maximum Gasteiger partial charge on any atom is 0.426 e. The second-order valence-corrected chi connectivity index (χ2v) is 7.20. The van der Waals surface area contributed by atoms with Crippen LogP contribution in [0.3, 0.4) is 0 Å². The van der Waals surface area contributed by atoms with Crippen molar-refractivity contribution >= 4 is 10.8 Å². The molecule has 0 N–H and O–H groups in total. The van der Waals surface area contributed by atoms with E-state index >= 15 is 0 Å². The Bertz CT molecular complexity index is 1040. The van der Waals surface area contributed by atoms with E-state index in [2.05, 4.69) is 6.58 Å². The van der Waals surface area contributed by atoms with Crippen LogP contribution in [-0.4, -0.2) is 0 Å². The topological polar surface area (TPSA) is 9.23 Å². The number of allylic oxidation sites excluding steroid dienone is 3. The van der Waals surface area contributed by atoms with Crippen LogP contribution in [0.25, 0.3) is 10.8 Å². The Labute approximate surface area is 175 Å². The summed E-state index contributed by atoms with van der Waals surface area (Å²) in [4.78, 5) is 0. The minimum atomic E-state index is -3.49. The second kappa shape index (κ2) is 9.66. The van der Waals surface area contributed by atoms with Crippen LogP contribution in [0.1, 0.15) is 36.5 Å². The highest BCUT2D eigenvalue weighted by Gasteiger charge is 2.34. The molecule has 156 valence electrons. The molecule has 3 aromatic carbocycles. The lowest BCUT2D eigenvalue weighted by Crippen LogP contribution is -2.21. The van der Waals surface area contributed by atoms with Gasteiger partial charge in [0.15, 0.2) is 0 Å². The maximum atomic E-state index is 14.6. The van der Waals surface area contributed by atoms with Gasteiger partial charge in [0.05, 0.1) is 5.56 Å². The third-order valence-electron chi connectivity index (χ3n) is 4.97. The van der Waals surface area contributed by atoms with Crippen molar-refractivity contribution < 1.29 is 17.9 Å². The van der Waals surface area contributed by atoms with Gasteiger partial charge in [-0.2, -0.15) is 8.78 Å².